The van der Waals surface area contributed by atoms with Crippen LogP contribution in [0, 0.1) is 0 Å². The third-order valence-electron chi connectivity index (χ3n) is 12.3. The van der Waals surface area contributed by atoms with E-state index in [1.165, 1.54) is 180 Å². The molecule has 0 heterocycles. The molecule has 378 valence electrons. The summed E-state index contributed by atoms with van der Waals surface area (Å²) in [6, 6.07) is -0.907. The highest BCUT2D eigenvalue weighted by molar-refractivity contribution is 7.45. The Morgan fingerprint density at radius 2 is 0.875 bits per heavy atom. The van der Waals surface area contributed by atoms with Gasteiger partial charge in [0.05, 0.1) is 39.9 Å². The zero-order valence-electron chi connectivity index (χ0n) is 43.0. The van der Waals surface area contributed by atoms with Gasteiger partial charge in [0.15, 0.2) is 0 Å². The predicted molar refractivity (Wildman–Crippen MR) is 275 cm³/mol. The summed E-state index contributed by atoms with van der Waals surface area (Å²) in [6.07, 6.45) is 59.4. The van der Waals surface area contributed by atoms with Crippen LogP contribution in [0.1, 0.15) is 258 Å². The van der Waals surface area contributed by atoms with E-state index in [9.17, 15) is 19.4 Å². The molecule has 0 saturated carbocycles. The monoisotopic (exact) mass is 923 g/mol. The lowest BCUT2D eigenvalue weighted by Crippen LogP contribution is -2.45. The molecular weight excluding hydrogens is 816 g/mol. The Hall–Kier alpha value is -1.28. The van der Waals surface area contributed by atoms with Gasteiger partial charge in [0.1, 0.15) is 13.2 Å². The van der Waals surface area contributed by atoms with Crippen LogP contribution in [0.4, 0.5) is 0 Å². The molecule has 9 heteroatoms. The summed E-state index contributed by atoms with van der Waals surface area (Å²) in [5.41, 5.74) is 0. The molecule has 0 bridgehead atoms. The third-order valence-corrected chi connectivity index (χ3v) is 13.3. The quantitative estimate of drug-likeness (QED) is 0.0272. The van der Waals surface area contributed by atoms with Crippen molar-refractivity contribution in [3.8, 4) is 0 Å². The zero-order valence-corrected chi connectivity index (χ0v) is 43.9. The lowest BCUT2D eigenvalue weighted by atomic mass is 10.0. The van der Waals surface area contributed by atoms with Gasteiger partial charge in [-0.25, -0.2) is 0 Å². The van der Waals surface area contributed by atoms with Gasteiger partial charge >= 0.3 is 0 Å². The van der Waals surface area contributed by atoms with Crippen molar-refractivity contribution in [2.75, 3.05) is 40.9 Å². The number of rotatable bonds is 50. The van der Waals surface area contributed by atoms with E-state index < -0.39 is 26.6 Å². The van der Waals surface area contributed by atoms with E-state index >= 15 is 0 Å². The van der Waals surface area contributed by atoms with Crippen molar-refractivity contribution >= 4 is 13.7 Å². The molecule has 0 radical (unpaired) electrons. The van der Waals surface area contributed by atoms with Crippen LogP contribution in [0.25, 0.3) is 0 Å². The predicted octanol–water partition coefficient (Wildman–Crippen LogP) is 15.6. The molecule has 8 nitrogen and oxygen atoms in total. The van der Waals surface area contributed by atoms with Crippen LogP contribution in [0.3, 0.4) is 0 Å². The molecule has 0 aliphatic heterocycles. The number of hydrogen-bond acceptors (Lipinski definition) is 6. The van der Waals surface area contributed by atoms with Crippen molar-refractivity contribution in [3.05, 3.63) is 36.5 Å². The van der Waals surface area contributed by atoms with Crippen LogP contribution >= 0.6 is 7.82 Å². The van der Waals surface area contributed by atoms with Gasteiger partial charge in [-0.3, -0.25) is 9.36 Å². The first kappa shape index (κ1) is 62.7. The Bertz CT molecular complexity index is 1140. The van der Waals surface area contributed by atoms with Crippen molar-refractivity contribution < 1.29 is 32.9 Å². The van der Waals surface area contributed by atoms with Gasteiger partial charge < -0.3 is 28.8 Å². The summed E-state index contributed by atoms with van der Waals surface area (Å²) >= 11 is 0. The zero-order chi connectivity index (χ0) is 47.1. The number of allylic oxidation sites excluding steroid dienone is 5. The van der Waals surface area contributed by atoms with Gasteiger partial charge in [-0.05, 0) is 57.8 Å². The number of aliphatic hydroxyl groups is 1. The third kappa shape index (κ3) is 48.6. The molecule has 64 heavy (non-hydrogen) atoms. The Labute approximate surface area is 397 Å². The first-order valence-electron chi connectivity index (χ1n) is 27.4. The van der Waals surface area contributed by atoms with E-state index in [2.05, 4.69) is 43.5 Å². The molecule has 3 atom stereocenters. The van der Waals surface area contributed by atoms with Gasteiger partial charge in [0.2, 0.25) is 5.91 Å². The second kappa shape index (κ2) is 46.8. The highest BCUT2D eigenvalue weighted by atomic mass is 31.2. The lowest BCUT2D eigenvalue weighted by molar-refractivity contribution is -0.870. The fraction of sp³-hybridized carbons (Fsp3) is 0.873. The number of carbonyl (C=O) groups excluding carboxylic acids is 1. The maximum atomic E-state index is 12.9. The number of likely N-dealkylation sites (N-methyl/N-ethyl adjacent to an activating group) is 1. The lowest BCUT2D eigenvalue weighted by Gasteiger charge is -2.29. The van der Waals surface area contributed by atoms with Crippen LogP contribution in [-0.2, 0) is 18.4 Å². The first-order valence-corrected chi connectivity index (χ1v) is 28.8. The SMILES string of the molecule is CCCCCCC/C=C\CCCCCCCC(=O)NC(COP(=O)([O-])OCC[N+](C)(C)C)C(O)/C=C/CC/C=C/CCCCCCCCCCCCCCCCCCCCCCCC. The number of amides is 1. The van der Waals surface area contributed by atoms with Gasteiger partial charge in [0, 0.05) is 6.42 Å². The average Bonchev–Trinajstić information content (AvgIpc) is 3.25. The van der Waals surface area contributed by atoms with Crippen molar-refractivity contribution in [1.29, 1.82) is 0 Å². The van der Waals surface area contributed by atoms with Gasteiger partial charge in [-0.1, -0.05) is 230 Å². The van der Waals surface area contributed by atoms with E-state index in [-0.39, 0.29) is 12.5 Å². The Balaban J connectivity index is 4.21. The molecule has 0 spiro atoms. The minimum absolute atomic E-state index is 0.00762. The standard InChI is InChI=1S/C55H107N2O6P/c1-6-8-10-12-14-16-18-20-22-23-24-25-26-27-28-29-30-31-32-33-34-35-36-38-40-42-44-46-48-54(58)53(52-63-64(60,61)62-51-50-57(3,4)5)56-55(59)49-47-45-43-41-39-37-21-19-17-15-13-11-9-7-2/h19,21,38,40,46,48,53-54,58H,6-18,20,22-37,39,41-45,47,49-52H2,1-5H3,(H-,56,59,60,61)/b21-19-,40-38+,48-46+. The molecular formula is C55H107N2O6P. The van der Waals surface area contributed by atoms with Gasteiger partial charge in [-0.2, -0.15) is 0 Å². The number of quaternary nitrogens is 1. The number of nitrogens with zero attached hydrogens (tertiary/aromatic N) is 1. The minimum Gasteiger partial charge on any atom is -0.756 e. The number of carbonyl (C=O) groups is 1. The van der Waals surface area contributed by atoms with Crippen LogP contribution in [0.2, 0.25) is 0 Å². The summed E-state index contributed by atoms with van der Waals surface area (Å²) in [5, 5.41) is 13.8. The van der Waals surface area contributed by atoms with Crippen LogP contribution in [0.5, 0.6) is 0 Å². The summed E-state index contributed by atoms with van der Waals surface area (Å²) in [5.74, 6) is -0.215. The average molecular weight is 923 g/mol. The van der Waals surface area contributed by atoms with Crippen LogP contribution in [-0.4, -0.2) is 68.5 Å². The van der Waals surface area contributed by atoms with Crippen LogP contribution < -0.4 is 10.2 Å². The van der Waals surface area contributed by atoms with Crippen molar-refractivity contribution in [2.24, 2.45) is 0 Å². The minimum atomic E-state index is -4.60. The fourth-order valence-electron chi connectivity index (χ4n) is 7.99. The Kier molecular flexibility index (Phi) is 45.9. The van der Waals surface area contributed by atoms with E-state index in [4.69, 9.17) is 9.05 Å². The number of phosphoric acid groups is 1. The number of unbranched alkanes of at least 4 members (excludes halogenated alkanes) is 33. The summed E-state index contributed by atoms with van der Waals surface area (Å²) in [6.45, 7) is 4.63. The maximum absolute atomic E-state index is 12.9. The topological polar surface area (TPSA) is 108 Å². The molecule has 2 N–H and O–H groups in total. The molecule has 0 saturated heterocycles. The number of nitrogens with one attached hydrogen (secondary N) is 1. The van der Waals surface area contributed by atoms with Gasteiger partial charge in [-0.15, -0.1) is 0 Å². The normalized spacial score (nSPS) is 14.3. The molecule has 0 fully saturated rings. The molecule has 1 amide bonds. The second-order valence-corrected chi connectivity index (χ2v) is 21.3. The largest absolute Gasteiger partial charge is 0.756 e. The first-order chi connectivity index (χ1) is 31.0. The van der Waals surface area contributed by atoms with E-state index in [1.54, 1.807) is 6.08 Å². The van der Waals surface area contributed by atoms with Crippen molar-refractivity contribution in [1.82, 2.24) is 5.32 Å². The summed E-state index contributed by atoms with van der Waals surface area (Å²) in [7, 11) is 1.24. The van der Waals surface area contributed by atoms with E-state index in [0.29, 0.717) is 17.4 Å². The molecule has 0 aromatic rings. The van der Waals surface area contributed by atoms with Gasteiger partial charge in [0.25, 0.3) is 7.82 Å². The number of hydrogen-bond donors (Lipinski definition) is 2. The number of phosphoric ester groups is 1. The summed E-state index contributed by atoms with van der Waals surface area (Å²) in [4.78, 5) is 25.4. The molecule has 0 aromatic heterocycles. The van der Waals surface area contributed by atoms with Crippen molar-refractivity contribution in [2.45, 2.75) is 270 Å². The fourth-order valence-corrected chi connectivity index (χ4v) is 8.71. The molecule has 0 aliphatic carbocycles. The summed E-state index contributed by atoms with van der Waals surface area (Å²) < 4.78 is 23.3. The van der Waals surface area contributed by atoms with Crippen molar-refractivity contribution in [3.63, 3.8) is 0 Å². The Morgan fingerprint density at radius 1 is 0.531 bits per heavy atom. The van der Waals surface area contributed by atoms with E-state index in [0.717, 1.165) is 57.8 Å². The highest BCUT2D eigenvalue weighted by Crippen LogP contribution is 2.38. The molecule has 3 unspecified atom stereocenters. The molecule has 0 aliphatic rings. The second-order valence-electron chi connectivity index (χ2n) is 19.9. The molecule has 0 aromatic carbocycles. The molecule has 0 rings (SSSR count). The van der Waals surface area contributed by atoms with Crippen LogP contribution in [0.15, 0.2) is 36.5 Å². The number of aliphatic hydroxyl groups excluding tert-OH is 1. The van der Waals surface area contributed by atoms with E-state index in [1.807, 2.05) is 27.2 Å². The Morgan fingerprint density at radius 3 is 1.27 bits per heavy atom. The maximum Gasteiger partial charge on any atom is 0.268 e. The highest BCUT2D eigenvalue weighted by Gasteiger charge is 2.23. The smallest absolute Gasteiger partial charge is 0.268 e.